The molecule has 0 radical (unpaired) electrons. The van der Waals surface area contributed by atoms with Gasteiger partial charge in [0.05, 0.1) is 5.71 Å². The monoisotopic (exact) mass is 219 g/mol. The number of halogens is 1. The van der Waals surface area contributed by atoms with Crippen molar-refractivity contribution >= 4 is 11.4 Å². The Labute approximate surface area is 93.7 Å². The number of nitrogens with one attached hydrogen (secondary N) is 2. The van der Waals surface area contributed by atoms with Crippen molar-refractivity contribution in [3.63, 3.8) is 0 Å². The first kappa shape index (κ1) is 10.8. The number of rotatable bonds is 2. The van der Waals surface area contributed by atoms with Gasteiger partial charge in [-0.25, -0.2) is 4.39 Å². The van der Waals surface area contributed by atoms with Gasteiger partial charge in [-0.2, -0.15) is 0 Å². The number of nitrogen functional groups attached to an aromatic ring is 1. The van der Waals surface area contributed by atoms with Crippen molar-refractivity contribution in [3.05, 3.63) is 41.2 Å². The van der Waals surface area contributed by atoms with Gasteiger partial charge in [0.15, 0.2) is 0 Å². The number of benzene rings is 1. The summed E-state index contributed by atoms with van der Waals surface area (Å²) in [6.45, 7) is 1.61. The Hall–Kier alpha value is -1.68. The molecule has 0 aromatic heterocycles. The van der Waals surface area contributed by atoms with Crippen LogP contribution in [-0.4, -0.2) is 18.8 Å². The third-order valence-corrected chi connectivity index (χ3v) is 2.67. The summed E-state index contributed by atoms with van der Waals surface area (Å²) < 4.78 is 13.1. The number of hydrogen-bond donors (Lipinski definition) is 3. The lowest BCUT2D eigenvalue weighted by Crippen LogP contribution is -2.23. The average molecular weight is 219 g/mol. The summed E-state index contributed by atoms with van der Waals surface area (Å²) in [6, 6.07) is 4.13. The molecule has 16 heavy (non-hydrogen) atoms. The second-order valence-corrected chi connectivity index (χ2v) is 3.79. The molecular formula is C12H14FN3. The Kier molecular flexibility index (Phi) is 3.01. The van der Waals surface area contributed by atoms with Crippen LogP contribution >= 0.6 is 0 Å². The van der Waals surface area contributed by atoms with Crippen molar-refractivity contribution < 1.29 is 4.39 Å². The lowest BCUT2D eigenvalue weighted by Gasteiger charge is -2.16. The molecule has 0 bridgehead atoms. The minimum atomic E-state index is -0.358. The molecule has 3 nitrogen and oxygen atoms in total. The molecule has 4 heteroatoms. The average Bonchev–Trinajstić information content (AvgIpc) is 2.32. The van der Waals surface area contributed by atoms with Crippen molar-refractivity contribution in [2.24, 2.45) is 0 Å². The van der Waals surface area contributed by atoms with Gasteiger partial charge in [-0.1, -0.05) is 6.08 Å². The summed E-state index contributed by atoms with van der Waals surface area (Å²) >= 11 is 0. The van der Waals surface area contributed by atoms with Gasteiger partial charge in [-0.05, 0) is 36.7 Å². The van der Waals surface area contributed by atoms with Gasteiger partial charge in [0, 0.05) is 17.8 Å². The van der Waals surface area contributed by atoms with Crippen LogP contribution in [0.15, 0.2) is 29.8 Å². The normalized spacial score (nSPS) is 15.7. The lowest BCUT2D eigenvalue weighted by atomic mass is 9.97. The highest BCUT2D eigenvalue weighted by molar-refractivity contribution is 6.13. The van der Waals surface area contributed by atoms with E-state index in [1.807, 2.05) is 6.08 Å². The van der Waals surface area contributed by atoms with Crippen LogP contribution in [0.4, 0.5) is 10.1 Å². The van der Waals surface area contributed by atoms with Crippen molar-refractivity contribution in [3.8, 4) is 0 Å². The molecular weight excluding hydrogens is 205 g/mol. The molecule has 0 spiro atoms. The Morgan fingerprint density at radius 2 is 2.25 bits per heavy atom. The van der Waals surface area contributed by atoms with Crippen molar-refractivity contribution in [1.82, 2.24) is 5.32 Å². The summed E-state index contributed by atoms with van der Waals surface area (Å²) in [4.78, 5) is 0. The first-order valence-electron chi connectivity index (χ1n) is 5.22. The molecule has 1 heterocycles. The maximum atomic E-state index is 13.1. The summed E-state index contributed by atoms with van der Waals surface area (Å²) in [7, 11) is 0. The molecule has 0 amide bonds. The van der Waals surface area contributed by atoms with E-state index in [0.717, 1.165) is 25.1 Å². The molecule has 0 unspecified atom stereocenters. The Bertz CT molecular complexity index is 452. The molecule has 0 atom stereocenters. The largest absolute Gasteiger partial charge is 0.398 e. The quantitative estimate of drug-likeness (QED) is 0.523. The van der Waals surface area contributed by atoms with Gasteiger partial charge in [0.1, 0.15) is 5.82 Å². The molecule has 1 aliphatic heterocycles. The Morgan fingerprint density at radius 1 is 1.44 bits per heavy atom. The van der Waals surface area contributed by atoms with E-state index in [1.165, 1.54) is 18.2 Å². The van der Waals surface area contributed by atoms with Crippen molar-refractivity contribution in [2.75, 3.05) is 18.8 Å². The van der Waals surface area contributed by atoms with Gasteiger partial charge in [-0.15, -0.1) is 0 Å². The smallest absolute Gasteiger partial charge is 0.124 e. The molecule has 0 fully saturated rings. The maximum absolute atomic E-state index is 13.1. The van der Waals surface area contributed by atoms with Gasteiger partial charge in [-0.3, -0.25) is 5.41 Å². The van der Waals surface area contributed by atoms with Gasteiger partial charge < -0.3 is 11.1 Å². The fourth-order valence-corrected chi connectivity index (χ4v) is 1.77. The Balaban J connectivity index is 2.33. The highest BCUT2D eigenvalue weighted by atomic mass is 19.1. The van der Waals surface area contributed by atoms with E-state index in [4.69, 9.17) is 11.1 Å². The van der Waals surface area contributed by atoms with Gasteiger partial charge >= 0.3 is 0 Å². The summed E-state index contributed by atoms with van der Waals surface area (Å²) in [5.74, 6) is -0.358. The summed E-state index contributed by atoms with van der Waals surface area (Å²) in [5.41, 5.74) is 7.94. The van der Waals surface area contributed by atoms with Crippen LogP contribution in [0, 0.1) is 11.2 Å². The van der Waals surface area contributed by atoms with Gasteiger partial charge in [0.25, 0.3) is 0 Å². The lowest BCUT2D eigenvalue weighted by molar-refractivity contribution is 0.627. The summed E-state index contributed by atoms with van der Waals surface area (Å²) in [5, 5.41) is 11.2. The molecule has 0 saturated carbocycles. The SMILES string of the molecule is N=C(C1=CCNCC1)c1cc(F)ccc1N. The topological polar surface area (TPSA) is 61.9 Å². The Morgan fingerprint density at radius 3 is 2.94 bits per heavy atom. The predicted octanol–water partition coefficient (Wildman–Crippen LogP) is 1.70. The molecule has 84 valence electrons. The van der Waals surface area contributed by atoms with E-state index in [2.05, 4.69) is 5.32 Å². The van der Waals surface area contributed by atoms with Crippen LogP contribution in [-0.2, 0) is 0 Å². The van der Waals surface area contributed by atoms with E-state index in [9.17, 15) is 4.39 Å². The first-order valence-corrected chi connectivity index (χ1v) is 5.22. The van der Waals surface area contributed by atoms with Crippen molar-refractivity contribution in [2.45, 2.75) is 6.42 Å². The molecule has 4 N–H and O–H groups in total. The van der Waals surface area contributed by atoms with E-state index in [-0.39, 0.29) is 5.82 Å². The highest BCUT2D eigenvalue weighted by Gasteiger charge is 2.13. The van der Waals surface area contributed by atoms with Crippen LogP contribution in [0.3, 0.4) is 0 Å². The predicted molar refractivity (Wildman–Crippen MR) is 63.2 cm³/mol. The molecule has 1 aromatic rings. The molecule has 1 aromatic carbocycles. The van der Waals surface area contributed by atoms with Gasteiger partial charge in [0.2, 0.25) is 0 Å². The van der Waals surface area contributed by atoms with E-state index < -0.39 is 0 Å². The van der Waals surface area contributed by atoms with E-state index in [1.54, 1.807) is 0 Å². The zero-order valence-corrected chi connectivity index (χ0v) is 8.89. The third kappa shape index (κ3) is 2.12. The number of hydrogen-bond acceptors (Lipinski definition) is 3. The summed E-state index contributed by atoms with van der Waals surface area (Å²) in [6.07, 6.45) is 2.74. The maximum Gasteiger partial charge on any atom is 0.124 e. The zero-order valence-electron chi connectivity index (χ0n) is 8.89. The van der Waals surface area contributed by atoms with Crippen LogP contribution in [0.25, 0.3) is 0 Å². The third-order valence-electron chi connectivity index (χ3n) is 2.67. The van der Waals surface area contributed by atoms with Crippen LogP contribution in [0.1, 0.15) is 12.0 Å². The molecule has 1 aliphatic rings. The second-order valence-electron chi connectivity index (χ2n) is 3.79. The minimum absolute atomic E-state index is 0.332. The molecule has 0 aliphatic carbocycles. The first-order chi connectivity index (χ1) is 7.68. The fourth-order valence-electron chi connectivity index (χ4n) is 1.77. The second kappa shape index (κ2) is 4.45. The number of nitrogens with two attached hydrogens (primary N) is 1. The molecule has 2 rings (SSSR count). The minimum Gasteiger partial charge on any atom is -0.398 e. The van der Waals surface area contributed by atoms with E-state index >= 15 is 0 Å². The highest BCUT2D eigenvalue weighted by Crippen LogP contribution is 2.19. The molecule has 0 saturated heterocycles. The van der Waals surface area contributed by atoms with Crippen LogP contribution < -0.4 is 11.1 Å². The van der Waals surface area contributed by atoms with E-state index in [0.29, 0.717) is 17.0 Å². The standard InChI is InChI=1S/C12H14FN3/c13-9-1-2-11(14)10(7-9)12(15)8-3-5-16-6-4-8/h1-3,7,15-16H,4-6,14H2. The number of anilines is 1. The van der Waals surface area contributed by atoms with Crippen LogP contribution in [0.5, 0.6) is 0 Å². The van der Waals surface area contributed by atoms with Crippen molar-refractivity contribution in [1.29, 1.82) is 5.41 Å². The van der Waals surface area contributed by atoms with Crippen LogP contribution in [0.2, 0.25) is 0 Å². The fraction of sp³-hybridized carbons (Fsp3) is 0.250. The zero-order chi connectivity index (χ0) is 11.5.